The fourth-order valence-corrected chi connectivity index (χ4v) is 2.31. The first-order chi connectivity index (χ1) is 10.1. The van der Waals surface area contributed by atoms with Gasteiger partial charge in [0.2, 0.25) is 5.78 Å². The maximum atomic E-state index is 12.3. The van der Waals surface area contributed by atoms with E-state index in [1.54, 1.807) is 12.1 Å². The molecular formula is C17H13ClO3. The van der Waals surface area contributed by atoms with Crippen LogP contribution >= 0.6 is 11.6 Å². The van der Waals surface area contributed by atoms with Crippen molar-refractivity contribution in [3.05, 3.63) is 64.9 Å². The molecule has 3 rings (SSSR count). The molecule has 0 unspecified atom stereocenters. The van der Waals surface area contributed by atoms with Crippen LogP contribution in [0.15, 0.2) is 53.1 Å². The summed E-state index contributed by atoms with van der Waals surface area (Å²) >= 11 is 5.93. The molecular weight excluding hydrogens is 288 g/mol. The van der Waals surface area contributed by atoms with Crippen LogP contribution in [-0.2, 0) is 0 Å². The van der Waals surface area contributed by atoms with E-state index in [0.717, 1.165) is 10.9 Å². The molecule has 0 radical (unpaired) electrons. The molecule has 0 bridgehead atoms. The molecule has 21 heavy (non-hydrogen) atoms. The number of fused-ring (bicyclic) bond motifs is 1. The number of rotatable bonds is 4. The van der Waals surface area contributed by atoms with Gasteiger partial charge < -0.3 is 9.15 Å². The monoisotopic (exact) mass is 300 g/mol. The quantitative estimate of drug-likeness (QED) is 0.658. The van der Waals surface area contributed by atoms with Crippen LogP contribution in [0.25, 0.3) is 11.0 Å². The van der Waals surface area contributed by atoms with E-state index in [1.807, 2.05) is 37.3 Å². The summed E-state index contributed by atoms with van der Waals surface area (Å²) in [5.41, 5.74) is 2.16. The first-order valence-corrected chi connectivity index (χ1v) is 6.91. The molecule has 3 nitrogen and oxygen atoms in total. The summed E-state index contributed by atoms with van der Waals surface area (Å²) in [5, 5.41) is 1.38. The van der Waals surface area contributed by atoms with Gasteiger partial charge in [-0.3, -0.25) is 4.79 Å². The molecule has 3 aromatic rings. The largest absolute Gasteiger partial charge is 0.485 e. The van der Waals surface area contributed by atoms with Crippen molar-refractivity contribution >= 4 is 28.4 Å². The fourth-order valence-electron chi connectivity index (χ4n) is 2.14. The standard InChI is InChI=1S/C17H13ClO3/c1-11-6-7-12(18)8-17(11)21-10-15(19)14-9-20-16-5-3-2-4-13(14)16/h2-9H,10H2,1H3. The number of furan rings is 1. The second-order valence-corrected chi connectivity index (χ2v) is 5.20. The second kappa shape index (κ2) is 5.62. The van der Waals surface area contributed by atoms with Gasteiger partial charge in [0, 0.05) is 10.4 Å². The first-order valence-electron chi connectivity index (χ1n) is 6.53. The molecule has 0 aliphatic rings. The summed E-state index contributed by atoms with van der Waals surface area (Å²) < 4.78 is 10.9. The van der Waals surface area contributed by atoms with Crippen LogP contribution in [0.2, 0.25) is 5.02 Å². The molecule has 0 atom stereocenters. The molecule has 4 heteroatoms. The van der Waals surface area contributed by atoms with Gasteiger partial charge in [-0.25, -0.2) is 0 Å². The van der Waals surface area contributed by atoms with E-state index in [2.05, 4.69) is 0 Å². The van der Waals surface area contributed by atoms with Crippen molar-refractivity contribution in [1.29, 1.82) is 0 Å². The van der Waals surface area contributed by atoms with Crippen LogP contribution in [-0.4, -0.2) is 12.4 Å². The molecule has 1 aromatic heterocycles. The molecule has 0 aliphatic heterocycles. The lowest BCUT2D eigenvalue weighted by atomic mass is 10.1. The molecule has 0 saturated heterocycles. The minimum Gasteiger partial charge on any atom is -0.485 e. The third-order valence-electron chi connectivity index (χ3n) is 3.29. The van der Waals surface area contributed by atoms with Gasteiger partial charge in [0.1, 0.15) is 17.6 Å². The predicted molar refractivity (Wildman–Crippen MR) is 82.2 cm³/mol. The third-order valence-corrected chi connectivity index (χ3v) is 3.53. The summed E-state index contributed by atoms with van der Waals surface area (Å²) in [6.45, 7) is 1.86. The SMILES string of the molecule is Cc1ccc(Cl)cc1OCC(=O)c1coc2ccccc12. The van der Waals surface area contributed by atoms with Crippen LogP contribution in [0.4, 0.5) is 0 Å². The maximum absolute atomic E-state index is 12.3. The number of para-hydroxylation sites is 1. The zero-order valence-corrected chi connectivity index (χ0v) is 12.2. The number of halogens is 1. The predicted octanol–water partition coefficient (Wildman–Crippen LogP) is 4.66. The highest BCUT2D eigenvalue weighted by molar-refractivity contribution is 6.30. The Hall–Kier alpha value is -2.26. The van der Waals surface area contributed by atoms with Gasteiger partial charge >= 0.3 is 0 Å². The minimum atomic E-state index is -0.126. The lowest BCUT2D eigenvalue weighted by Gasteiger charge is -2.08. The summed E-state index contributed by atoms with van der Waals surface area (Å²) in [4.78, 5) is 12.3. The van der Waals surface area contributed by atoms with Crippen molar-refractivity contribution in [2.24, 2.45) is 0 Å². The van der Waals surface area contributed by atoms with Crippen LogP contribution in [0.1, 0.15) is 15.9 Å². The van der Waals surface area contributed by atoms with E-state index in [0.29, 0.717) is 21.9 Å². The molecule has 2 aromatic carbocycles. The van der Waals surface area contributed by atoms with Crippen molar-refractivity contribution in [3.8, 4) is 5.75 Å². The summed E-state index contributed by atoms with van der Waals surface area (Å²) in [5.74, 6) is 0.489. The van der Waals surface area contributed by atoms with E-state index in [1.165, 1.54) is 6.26 Å². The number of benzene rings is 2. The number of aryl methyl sites for hydroxylation is 1. The lowest BCUT2D eigenvalue weighted by molar-refractivity contribution is 0.0922. The molecule has 1 heterocycles. The normalized spacial score (nSPS) is 10.8. The minimum absolute atomic E-state index is 0.0509. The molecule has 0 saturated carbocycles. The molecule has 0 amide bonds. The Morgan fingerprint density at radius 2 is 2.05 bits per heavy atom. The van der Waals surface area contributed by atoms with Crippen molar-refractivity contribution in [2.75, 3.05) is 6.61 Å². The molecule has 0 N–H and O–H groups in total. The number of Topliss-reactive ketones (excluding diaryl/α,β-unsaturated/α-hetero) is 1. The van der Waals surface area contributed by atoms with Gasteiger partial charge in [0.15, 0.2) is 6.61 Å². The van der Waals surface area contributed by atoms with E-state index >= 15 is 0 Å². The Bertz CT molecular complexity index is 805. The second-order valence-electron chi connectivity index (χ2n) is 4.77. The van der Waals surface area contributed by atoms with Crippen LogP contribution in [0, 0.1) is 6.92 Å². The highest BCUT2D eigenvalue weighted by atomic mass is 35.5. The zero-order chi connectivity index (χ0) is 14.8. The van der Waals surface area contributed by atoms with Gasteiger partial charge in [-0.15, -0.1) is 0 Å². The Kier molecular flexibility index (Phi) is 3.67. The fraction of sp³-hybridized carbons (Fsp3) is 0.118. The Balaban J connectivity index is 1.79. The summed E-state index contributed by atoms with van der Waals surface area (Å²) in [6.07, 6.45) is 1.47. The van der Waals surface area contributed by atoms with Crippen molar-refractivity contribution in [3.63, 3.8) is 0 Å². The smallest absolute Gasteiger partial charge is 0.204 e. The molecule has 0 fully saturated rings. The number of carbonyl (C=O) groups excluding carboxylic acids is 1. The van der Waals surface area contributed by atoms with Gasteiger partial charge in [-0.05, 0) is 30.7 Å². The average Bonchev–Trinajstić information content (AvgIpc) is 2.92. The maximum Gasteiger partial charge on any atom is 0.204 e. The Labute approximate surface area is 127 Å². The molecule has 106 valence electrons. The number of ketones is 1. The lowest BCUT2D eigenvalue weighted by Crippen LogP contribution is -2.11. The number of ether oxygens (including phenoxy) is 1. The Morgan fingerprint density at radius 3 is 2.90 bits per heavy atom. The van der Waals surface area contributed by atoms with E-state index in [9.17, 15) is 4.79 Å². The average molecular weight is 301 g/mol. The number of hydrogen-bond acceptors (Lipinski definition) is 3. The van der Waals surface area contributed by atoms with Crippen molar-refractivity contribution in [1.82, 2.24) is 0 Å². The molecule has 0 aliphatic carbocycles. The van der Waals surface area contributed by atoms with Crippen LogP contribution in [0.5, 0.6) is 5.75 Å². The van der Waals surface area contributed by atoms with Crippen LogP contribution in [0.3, 0.4) is 0 Å². The summed E-state index contributed by atoms with van der Waals surface area (Å²) in [6, 6.07) is 12.8. The first kappa shape index (κ1) is 13.7. The van der Waals surface area contributed by atoms with E-state index in [4.69, 9.17) is 20.8 Å². The van der Waals surface area contributed by atoms with Gasteiger partial charge in [0.05, 0.1) is 5.56 Å². The summed E-state index contributed by atoms with van der Waals surface area (Å²) in [7, 11) is 0. The van der Waals surface area contributed by atoms with Crippen LogP contribution < -0.4 is 4.74 Å². The highest BCUT2D eigenvalue weighted by Crippen LogP contribution is 2.24. The number of carbonyl (C=O) groups is 1. The topological polar surface area (TPSA) is 39.4 Å². The van der Waals surface area contributed by atoms with E-state index in [-0.39, 0.29) is 12.4 Å². The third kappa shape index (κ3) is 2.78. The zero-order valence-electron chi connectivity index (χ0n) is 11.4. The van der Waals surface area contributed by atoms with Gasteiger partial charge in [-0.2, -0.15) is 0 Å². The van der Waals surface area contributed by atoms with Gasteiger partial charge in [-0.1, -0.05) is 35.9 Å². The Morgan fingerprint density at radius 1 is 1.24 bits per heavy atom. The number of hydrogen-bond donors (Lipinski definition) is 0. The highest BCUT2D eigenvalue weighted by Gasteiger charge is 2.14. The molecule has 0 spiro atoms. The van der Waals surface area contributed by atoms with Gasteiger partial charge in [0.25, 0.3) is 0 Å². The van der Waals surface area contributed by atoms with Crippen molar-refractivity contribution in [2.45, 2.75) is 6.92 Å². The van der Waals surface area contributed by atoms with E-state index < -0.39 is 0 Å². The van der Waals surface area contributed by atoms with Crippen molar-refractivity contribution < 1.29 is 13.9 Å².